The lowest BCUT2D eigenvalue weighted by Crippen LogP contribution is -2.35. The molecule has 0 heterocycles. The van der Waals surface area contributed by atoms with Gasteiger partial charge in [-0.05, 0) is 26.5 Å². The minimum atomic E-state index is 0.458. The van der Waals surface area contributed by atoms with Crippen molar-refractivity contribution in [2.45, 2.75) is 33.4 Å². The molecule has 0 fully saturated rings. The Morgan fingerprint density at radius 1 is 1.35 bits per heavy atom. The van der Waals surface area contributed by atoms with Gasteiger partial charge in [-0.3, -0.25) is 0 Å². The summed E-state index contributed by atoms with van der Waals surface area (Å²) in [5.74, 6) is 0.957. The van der Waals surface area contributed by atoms with Gasteiger partial charge < -0.3 is 15.4 Å². The van der Waals surface area contributed by atoms with E-state index in [1.165, 1.54) is 11.1 Å². The maximum absolute atomic E-state index is 5.36. The Labute approximate surface area is 105 Å². The van der Waals surface area contributed by atoms with Gasteiger partial charge in [0.05, 0.1) is 7.11 Å². The summed E-state index contributed by atoms with van der Waals surface area (Å²) in [6.45, 7) is 9.26. The Bertz CT molecular complexity index is 339. The van der Waals surface area contributed by atoms with E-state index in [1.54, 1.807) is 7.11 Å². The summed E-state index contributed by atoms with van der Waals surface area (Å²) >= 11 is 0. The van der Waals surface area contributed by atoms with Crippen LogP contribution >= 0.6 is 0 Å². The van der Waals surface area contributed by atoms with E-state index in [2.05, 4.69) is 43.5 Å². The first-order valence-corrected chi connectivity index (χ1v) is 6.25. The van der Waals surface area contributed by atoms with E-state index < -0.39 is 0 Å². The lowest BCUT2D eigenvalue weighted by Gasteiger charge is -2.16. The molecule has 0 radical (unpaired) electrons. The summed E-state index contributed by atoms with van der Waals surface area (Å²) in [6.07, 6.45) is 0. The number of rotatable bonds is 7. The molecule has 0 spiro atoms. The number of aryl methyl sites for hydroxylation is 1. The number of likely N-dealkylation sites (N-methyl/N-ethyl adjacent to an activating group) is 1. The lowest BCUT2D eigenvalue weighted by atomic mass is 10.1. The molecule has 1 unspecified atom stereocenters. The highest BCUT2D eigenvalue weighted by atomic mass is 16.5. The first-order chi connectivity index (χ1) is 8.17. The Morgan fingerprint density at radius 3 is 2.76 bits per heavy atom. The Hall–Kier alpha value is -1.06. The lowest BCUT2D eigenvalue weighted by molar-refractivity contribution is 0.405. The van der Waals surface area contributed by atoms with Crippen LogP contribution in [0.3, 0.4) is 0 Å². The molecule has 96 valence electrons. The van der Waals surface area contributed by atoms with Gasteiger partial charge in [-0.2, -0.15) is 0 Å². The van der Waals surface area contributed by atoms with E-state index in [0.717, 1.165) is 25.4 Å². The Morgan fingerprint density at radius 2 is 2.12 bits per heavy atom. The van der Waals surface area contributed by atoms with Crippen LogP contribution in [0.4, 0.5) is 0 Å². The molecule has 0 saturated carbocycles. The standard InChI is InChI=1S/C14H24N2O/c1-5-15-9-12(3)16-10-13-8-11(2)6-7-14(13)17-4/h6-8,12,15-16H,5,9-10H2,1-4H3. The van der Waals surface area contributed by atoms with E-state index >= 15 is 0 Å². The predicted molar refractivity (Wildman–Crippen MR) is 72.6 cm³/mol. The minimum absolute atomic E-state index is 0.458. The summed E-state index contributed by atoms with van der Waals surface area (Å²) in [4.78, 5) is 0. The topological polar surface area (TPSA) is 33.3 Å². The Kier molecular flexibility index (Phi) is 6.01. The van der Waals surface area contributed by atoms with Gasteiger partial charge in [-0.25, -0.2) is 0 Å². The summed E-state index contributed by atoms with van der Waals surface area (Å²) < 4.78 is 5.36. The zero-order valence-corrected chi connectivity index (χ0v) is 11.3. The fourth-order valence-electron chi connectivity index (χ4n) is 1.76. The van der Waals surface area contributed by atoms with Gasteiger partial charge in [-0.15, -0.1) is 0 Å². The summed E-state index contributed by atoms with van der Waals surface area (Å²) in [7, 11) is 1.72. The SMILES string of the molecule is CCNCC(C)NCc1cc(C)ccc1OC. The van der Waals surface area contributed by atoms with Crippen molar-refractivity contribution in [3.63, 3.8) is 0 Å². The molecular formula is C14H24N2O. The van der Waals surface area contributed by atoms with Gasteiger partial charge in [0.1, 0.15) is 5.75 Å². The van der Waals surface area contributed by atoms with E-state index in [0.29, 0.717) is 6.04 Å². The molecule has 1 aromatic carbocycles. The molecule has 0 aliphatic rings. The van der Waals surface area contributed by atoms with Crippen LogP contribution in [0.25, 0.3) is 0 Å². The number of benzene rings is 1. The largest absolute Gasteiger partial charge is 0.496 e. The molecule has 0 aliphatic carbocycles. The van der Waals surface area contributed by atoms with Crippen LogP contribution in [0.15, 0.2) is 18.2 Å². The molecule has 0 aromatic heterocycles. The monoisotopic (exact) mass is 236 g/mol. The number of ether oxygens (including phenoxy) is 1. The molecule has 0 saturated heterocycles. The second-order valence-corrected chi connectivity index (χ2v) is 4.40. The molecular weight excluding hydrogens is 212 g/mol. The predicted octanol–water partition coefficient (Wildman–Crippen LogP) is 2.09. The molecule has 0 aliphatic heterocycles. The third-order valence-electron chi connectivity index (χ3n) is 2.78. The highest BCUT2D eigenvalue weighted by molar-refractivity contribution is 5.36. The van der Waals surface area contributed by atoms with Gasteiger partial charge in [0.2, 0.25) is 0 Å². The maximum Gasteiger partial charge on any atom is 0.123 e. The molecule has 3 nitrogen and oxygen atoms in total. The van der Waals surface area contributed by atoms with Crippen LogP contribution < -0.4 is 15.4 Å². The summed E-state index contributed by atoms with van der Waals surface area (Å²) in [6, 6.07) is 6.73. The molecule has 0 bridgehead atoms. The van der Waals surface area contributed by atoms with Gasteiger partial charge in [0.25, 0.3) is 0 Å². The van der Waals surface area contributed by atoms with Crippen molar-refractivity contribution in [2.75, 3.05) is 20.2 Å². The fraction of sp³-hybridized carbons (Fsp3) is 0.571. The van der Waals surface area contributed by atoms with E-state index in [4.69, 9.17) is 4.74 Å². The van der Waals surface area contributed by atoms with Crippen molar-refractivity contribution < 1.29 is 4.74 Å². The van der Waals surface area contributed by atoms with Crippen molar-refractivity contribution in [1.82, 2.24) is 10.6 Å². The fourth-order valence-corrected chi connectivity index (χ4v) is 1.76. The van der Waals surface area contributed by atoms with E-state index in [1.807, 2.05) is 6.07 Å². The first kappa shape index (κ1) is 14.0. The average molecular weight is 236 g/mol. The van der Waals surface area contributed by atoms with Crippen LogP contribution in [0, 0.1) is 6.92 Å². The van der Waals surface area contributed by atoms with E-state index in [9.17, 15) is 0 Å². The van der Waals surface area contributed by atoms with Gasteiger partial charge in [-0.1, -0.05) is 24.6 Å². The zero-order chi connectivity index (χ0) is 12.7. The first-order valence-electron chi connectivity index (χ1n) is 6.25. The smallest absolute Gasteiger partial charge is 0.123 e. The number of hydrogen-bond acceptors (Lipinski definition) is 3. The van der Waals surface area contributed by atoms with Crippen molar-refractivity contribution in [3.8, 4) is 5.75 Å². The number of methoxy groups -OCH3 is 1. The van der Waals surface area contributed by atoms with Crippen molar-refractivity contribution in [1.29, 1.82) is 0 Å². The highest BCUT2D eigenvalue weighted by Crippen LogP contribution is 2.19. The normalized spacial score (nSPS) is 12.5. The van der Waals surface area contributed by atoms with Gasteiger partial charge in [0.15, 0.2) is 0 Å². The summed E-state index contributed by atoms with van der Waals surface area (Å²) in [5.41, 5.74) is 2.48. The number of nitrogens with one attached hydrogen (secondary N) is 2. The molecule has 2 N–H and O–H groups in total. The summed E-state index contributed by atoms with van der Waals surface area (Å²) in [5, 5.41) is 6.82. The second-order valence-electron chi connectivity index (χ2n) is 4.40. The van der Waals surface area contributed by atoms with Crippen LogP contribution in [-0.2, 0) is 6.54 Å². The van der Waals surface area contributed by atoms with Crippen LogP contribution in [0.2, 0.25) is 0 Å². The van der Waals surface area contributed by atoms with Crippen LogP contribution in [0.1, 0.15) is 25.0 Å². The maximum atomic E-state index is 5.36. The quantitative estimate of drug-likeness (QED) is 0.760. The van der Waals surface area contributed by atoms with Crippen molar-refractivity contribution in [3.05, 3.63) is 29.3 Å². The molecule has 3 heteroatoms. The zero-order valence-electron chi connectivity index (χ0n) is 11.3. The minimum Gasteiger partial charge on any atom is -0.496 e. The molecule has 17 heavy (non-hydrogen) atoms. The highest BCUT2D eigenvalue weighted by Gasteiger charge is 2.05. The molecule has 1 atom stereocenters. The van der Waals surface area contributed by atoms with E-state index in [-0.39, 0.29) is 0 Å². The average Bonchev–Trinajstić information content (AvgIpc) is 2.34. The second kappa shape index (κ2) is 7.30. The molecule has 1 rings (SSSR count). The third kappa shape index (κ3) is 4.75. The number of hydrogen-bond donors (Lipinski definition) is 2. The van der Waals surface area contributed by atoms with Crippen LogP contribution in [-0.4, -0.2) is 26.2 Å². The van der Waals surface area contributed by atoms with Crippen molar-refractivity contribution in [2.24, 2.45) is 0 Å². The van der Waals surface area contributed by atoms with Crippen molar-refractivity contribution >= 4 is 0 Å². The van der Waals surface area contributed by atoms with Gasteiger partial charge >= 0.3 is 0 Å². The Balaban J connectivity index is 2.52. The molecule has 0 amide bonds. The molecule has 1 aromatic rings. The van der Waals surface area contributed by atoms with Crippen LogP contribution in [0.5, 0.6) is 5.75 Å². The third-order valence-corrected chi connectivity index (χ3v) is 2.78. The van der Waals surface area contributed by atoms with Gasteiger partial charge in [0, 0.05) is 24.7 Å².